The number of carbonyl (C=O) groups excluding carboxylic acids is 1. The predicted octanol–water partition coefficient (Wildman–Crippen LogP) is 2.91. The first kappa shape index (κ1) is 21.1. The minimum absolute atomic E-state index is 0. The van der Waals surface area contributed by atoms with Gasteiger partial charge in [-0.2, -0.15) is 4.98 Å². The zero-order chi connectivity index (χ0) is 15.4. The molecule has 0 aliphatic carbocycles. The molecule has 2 fully saturated rings. The van der Waals surface area contributed by atoms with E-state index in [0.29, 0.717) is 12.6 Å². The van der Waals surface area contributed by atoms with Crippen LogP contribution in [-0.2, 0) is 4.74 Å². The number of carbonyl (C=O) groups is 1. The van der Waals surface area contributed by atoms with E-state index in [2.05, 4.69) is 15.2 Å². The van der Waals surface area contributed by atoms with Crippen LogP contribution in [0.5, 0.6) is 0 Å². The molecule has 0 spiro atoms. The van der Waals surface area contributed by atoms with Crippen molar-refractivity contribution in [2.45, 2.75) is 32.6 Å². The molecule has 2 aliphatic rings. The lowest BCUT2D eigenvalue weighted by Crippen LogP contribution is -2.39. The number of esters is 1. The molecule has 0 saturated carbocycles. The largest absolute Gasteiger partial charge is 0.461 e. The normalized spacial score (nSPS) is 19.3. The lowest BCUT2D eigenvalue weighted by molar-refractivity contribution is 0.0519. The van der Waals surface area contributed by atoms with E-state index in [0.717, 1.165) is 38.0 Å². The lowest BCUT2D eigenvalue weighted by atomic mass is 9.79. The van der Waals surface area contributed by atoms with Gasteiger partial charge in [0.25, 0.3) is 6.01 Å². The molecule has 0 atom stereocenters. The van der Waals surface area contributed by atoms with Gasteiger partial charge < -0.3 is 19.4 Å². The molecule has 6 nitrogen and oxygen atoms in total. The number of nitrogens with one attached hydrogen (secondary N) is 1. The maximum atomic E-state index is 11.6. The highest BCUT2D eigenvalue weighted by atomic mass is 35.5. The van der Waals surface area contributed by atoms with E-state index in [1.54, 1.807) is 6.92 Å². The van der Waals surface area contributed by atoms with Gasteiger partial charge in [0.15, 0.2) is 5.69 Å². The Bertz CT molecular complexity index is 499. The summed E-state index contributed by atoms with van der Waals surface area (Å²) < 4.78 is 10.4. The van der Waals surface area contributed by atoms with Crippen molar-refractivity contribution in [1.82, 2.24) is 10.3 Å². The third kappa shape index (κ3) is 5.01. The van der Waals surface area contributed by atoms with E-state index in [9.17, 15) is 4.79 Å². The van der Waals surface area contributed by atoms with E-state index >= 15 is 0 Å². The summed E-state index contributed by atoms with van der Waals surface area (Å²) >= 11 is 0. The number of hydrogen-bond acceptors (Lipinski definition) is 6. The summed E-state index contributed by atoms with van der Waals surface area (Å²) in [5.74, 6) is 1.27. The molecule has 24 heavy (non-hydrogen) atoms. The number of halogens is 2. The molecule has 0 aromatic carbocycles. The molecule has 1 aromatic heterocycles. The predicted molar refractivity (Wildman–Crippen MR) is 97.5 cm³/mol. The highest BCUT2D eigenvalue weighted by Gasteiger charge is 2.29. The Labute approximate surface area is 155 Å². The zero-order valence-corrected chi connectivity index (χ0v) is 15.7. The summed E-state index contributed by atoms with van der Waals surface area (Å²) in [4.78, 5) is 18.0. The third-order valence-corrected chi connectivity index (χ3v) is 4.84. The van der Waals surface area contributed by atoms with Crippen LogP contribution < -0.4 is 10.2 Å². The molecular formula is C16H27Cl2N3O3. The third-order valence-electron chi connectivity index (χ3n) is 4.84. The maximum Gasteiger partial charge on any atom is 0.360 e. The SMILES string of the molecule is CCOC(=O)c1coc(N2CCC(C3CCNCC3)CC2)n1.Cl.Cl. The fourth-order valence-electron chi connectivity index (χ4n) is 3.59. The summed E-state index contributed by atoms with van der Waals surface area (Å²) in [6, 6.07) is 0.548. The lowest BCUT2D eigenvalue weighted by Gasteiger charge is -2.37. The van der Waals surface area contributed by atoms with Crippen molar-refractivity contribution in [3.8, 4) is 0 Å². The zero-order valence-electron chi connectivity index (χ0n) is 14.0. The van der Waals surface area contributed by atoms with Crippen LogP contribution in [0, 0.1) is 11.8 Å². The van der Waals surface area contributed by atoms with Crippen molar-refractivity contribution in [1.29, 1.82) is 0 Å². The number of rotatable bonds is 4. The highest BCUT2D eigenvalue weighted by molar-refractivity contribution is 5.87. The Morgan fingerprint density at radius 3 is 2.50 bits per heavy atom. The van der Waals surface area contributed by atoms with Crippen LogP contribution in [0.1, 0.15) is 43.1 Å². The van der Waals surface area contributed by atoms with Gasteiger partial charge in [-0.3, -0.25) is 0 Å². The summed E-state index contributed by atoms with van der Waals surface area (Å²) in [5, 5.41) is 3.43. The first-order valence-corrected chi connectivity index (χ1v) is 8.36. The average Bonchev–Trinajstić information content (AvgIpc) is 3.06. The van der Waals surface area contributed by atoms with Crippen LogP contribution in [-0.4, -0.2) is 43.7 Å². The summed E-state index contributed by atoms with van der Waals surface area (Å²) in [6.45, 7) is 6.36. The molecule has 138 valence electrons. The van der Waals surface area contributed by atoms with Crippen molar-refractivity contribution in [2.24, 2.45) is 11.8 Å². The van der Waals surface area contributed by atoms with Crippen LogP contribution in [0.3, 0.4) is 0 Å². The molecule has 2 aliphatic heterocycles. The topological polar surface area (TPSA) is 67.6 Å². The van der Waals surface area contributed by atoms with Gasteiger partial charge in [-0.05, 0) is 57.5 Å². The Hall–Kier alpha value is -0.980. The van der Waals surface area contributed by atoms with E-state index in [-0.39, 0.29) is 30.5 Å². The van der Waals surface area contributed by atoms with Gasteiger partial charge in [-0.1, -0.05) is 0 Å². The quantitative estimate of drug-likeness (QED) is 0.811. The fraction of sp³-hybridized carbons (Fsp3) is 0.750. The number of oxazole rings is 1. The second-order valence-corrected chi connectivity index (χ2v) is 6.15. The van der Waals surface area contributed by atoms with Gasteiger partial charge in [0, 0.05) is 13.1 Å². The smallest absolute Gasteiger partial charge is 0.360 e. The van der Waals surface area contributed by atoms with Crippen molar-refractivity contribution in [3.63, 3.8) is 0 Å². The van der Waals surface area contributed by atoms with E-state index in [1.165, 1.54) is 31.9 Å². The Balaban J connectivity index is 0.00000144. The average molecular weight is 380 g/mol. The number of nitrogens with zero attached hydrogens (tertiary/aromatic N) is 2. The molecule has 1 aromatic rings. The second-order valence-electron chi connectivity index (χ2n) is 6.15. The molecule has 1 N–H and O–H groups in total. The molecule has 8 heteroatoms. The van der Waals surface area contributed by atoms with Crippen molar-refractivity contribution >= 4 is 36.8 Å². The number of aromatic nitrogens is 1. The fourth-order valence-corrected chi connectivity index (χ4v) is 3.59. The Kier molecular flexibility index (Phi) is 8.87. The molecule has 0 bridgehead atoms. The van der Waals surface area contributed by atoms with E-state index in [1.807, 2.05) is 0 Å². The van der Waals surface area contributed by atoms with Gasteiger partial charge in [-0.25, -0.2) is 4.79 Å². The highest BCUT2D eigenvalue weighted by Crippen LogP contribution is 2.32. The number of hydrogen-bond donors (Lipinski definition) is 1. The van der Waals surface area contributed by atoms with Crippen LogP contribution in [0.4, 0.5) is 6.01 Å². The van der Waals surface area contributed by atoms with Crippen LogP contribution in [0.15, 0.2) is 10.7 Å². The van der Waals surface area contributed by atoms with Crippen LogP contribution >= 0.6 is 24.8 Å². The van der Waals surface area contributed by atoms with Crippen molar-refractivity contribution in [2.75, 3.05) is 37.7 Å². The minimum Gasteiger partial charge on any atom is -0.461 e. The maximum absolute atomic E-state index is 11.6. The minimum atomic E-state index is -0.415. The number of anilines is 1. The molecule has 0 unspecified atom stereocenters. The Morgan fingerprint density at radius 1 is 1.25 bits per heavy atom. The summed E-state index contributed by atoms with van der Waals surface area (Å²) in [7, 11) is 0. The van der Waals surface area contributed by atoms with E-state index < -0.39 is 5.97 Å². The van der Waals surface area contributed by atoms with Crippen LogP contribution in [0.25, 0.3) is 0 Å². The van der Waals surface area contributed by atoms with Gasteiger partial charge in [-0.15, -0.1) is 24.8 Å². The van der Waals surface area contributed by atoms with E-state index in [4.69, 9.17) is 9.15 Å². The van der Waals surface area contributed by atoms with Crippen molar-refractivity contribution < 1.29 is 13.9 Å². The first-order valence-electron chi connectivity index (χ1n) is 8.36. The monoisotopic (exact) mass is 379 g/mol. The van der Waals surface area contributed by atoms with Crippen molar-refractivity contribution in [3.05, 3.63) is 12.0 Å². The molecule has 0 amide bonds. The summed E-state index contributed by atoms with van der Waals surface area (Å²) in [6.07, 6.45) is 6.36. The first-order chi connectivity index (χ1) is 10.8. The standard InChI is InChI=1S/C16H25N3O3.2ClH/c1-2-21-15(20)14-11-22-16(18-14)19-9-5-13(6-10-19)12-3-7-17-8-4-12;;/h11-13,17H,2-10H2,1H3;2*1H. The van der Waals surface area contributed by atoms with Gasteiger partial charge >= 0.3 is 5.97 Å². The summed E-state index contributed by atoms with van der Waals surface area (Å²) in [5.41, 5.74) is 0.261. The molecule has 3 rings (SSSR count). The van der Waals surface area contributed by atoms with Gasteiger partial charge in [0.05, 0.1) is 6.61 Å². The second kappa shape index (κ2) is 10.1. The van der Waals surface area contributed by atoms with Gasteiger partial charge in [0.2, 0.25) is 0 Å². The molecule has 2 saturated heterocycles. The van der Waals surface area contributed by atoms with Crippen LogP contribution in [0.2, 0.25) is 0 Å². The number of piperidine rings is 2. The molecule has 0 radical (unpaired) electrons. The Morgan fingerprint density at radius 2 is 1.88 bits per heavy atom. The number of ether oxygens (including phenoxy) is 1. The van der Waals surface area contributed by atoms with Gasteiger partial charge in [0.1, 0.15) is 6.26 Å². The molecular weight excluding hydrogens is 353 g/mol. The molecule has 3 heterocycles.